The fourth-order valence-corrected chi connectivity index (χ4v) is 4.25. The molecule has 0 aliphatic rings. The van der Waals surface area contributed by atoms with Crippen LogP contribution in [0, 0.1) is 23.0 Å². The van der Waals surface area contributed by atoms with Gasteiger partial charge in [-0.05, 0) is 77.2 Å². The summed E-state index contributed by atoms with van der Waals surface area (Å²) in [6.07, 6.45) is 1.54. The highest BCUT2D eigenvalue weighted by atomic mass is 19.1. The van der Waals surface area contributed by atoms with E-state index in [1.54, 1.807) is 24.3 Å². The standard InChI is InChI=1S/C17H10FNO2.C15H10FNO3/c18-16-7-10(2-4-17(16)21)12-5-11-1-3-14(20)8-15(11)13(6-12)9-19;1-2-8-5-10(18)7-12-14(8)20-15(17-12)9-3-4-13(19)11(16)6-9/h1-8,20-21H;2-7,18-19H,1H2. The highest BCUT2D eigenvalue weighted by Gasteiger charge is 2.14. The second-order valence-electron chi connectivity index (χ2n) is 8.98. The van der Waals surface area contributed by atoms with E-state index in [1.165, 1.54) is 54.6 Å². The molecule has 6 rings (SSSR count). The van der Waals surface area contributed by atoms with Gasteiger partial charge in [-0.1, -0.05) is 24.8 Å². The van der Waals surface area contributed by atoms with Crippen molar-refractivity contribution < 1.29 is 33.6 Å². The van der Waals surface area contributed by atoms with Gasteiger partial charge in [0.15, 0.2) is 28.7 Å². The van der Waals surface area contributed by atoms with Gasteiger partial charge in [-0.25, -0.2) is 13.8 Å². The third-order valence-electron chi connectivity index (χ3n) is 6.26. The summed E-state index contributed by atoms with van der Waals surface area (Å²) < 4.78 is 32.4. The lowest BCUT2D eigenvalue weighted by Crippen LogP contribution is -1.86. The Morgan fingerprint density at radius 1 is 0.756 bits per heavy atom. The number of halogens is 2. The predicted molar refractivity (Wildman–Crippen MR) is 150 cm³/mol. The minimum atomic E-state index is -0.753. The molecule has 0 atom stereocenters. The van der Waals surface area contributed by atoms with Crippen LogP contribution in [0.25, 0.3) is 50.5 Å². The summed E-state index contributed by atoms with van der Waals surface area (Å²) in [5, 5.41) is 48.2. The van der Waals surface area contributed by atoms with E-state index in [1.807, 2.05) is 0 Å². The third-order valence-corrected chi connectivity index (χ3v) is 6.26. The molecule has 0 aliphatic heterocycles. The van der Waals surface area contributed by atoms with E-state index in [-0.39, 0.29) is 17.4 Å². The highest BCUT2D eigenvalue weighted by molar-refractivity contribution is 5.93. The Morgan fingerprint density at radius 2 is 1.44 bits per heavy atom. The van der Waals surface area contributed by atoms with E-state index in [2.05, 4.69) is 17.6 Å². The second kappa shape index (κ2) is 10.7. The Bertz CT molecular complexity index is 2010. The molecule has 1 heterocycles. The van der Waals surface area contributed by atoms with Crippen molar-refractivity contribution in [3.05, 3.63) is 108 Å². The maximum absolute atomic E-state index is 13.5. The second-order valence-corrected chi connectivity index (χ2v) is 8.98. The molecule has 0 amide bonds. The van der Waals surface area contributed by atoms with Crippen molar-refractivity contribution >= 4 is 27.9 Å². The van der Waals surface area contributed by atoms with Crippen molar-refractivity contribution in [1.82, 2.24) is 4.98 Å². The summed E-state index contributed by atoms with van der Waals surface area (Å²) >= 11 is 0. The molecule has 202 valence electrons. The zero-order chi connectivity index (χ0) is 29.3. The van der Waals surface area contributed by atoms with Gasteiger partial charge < -0.3 is 24.8 Å². The third kappa shape index (κ3) is 5.35. The number of oxazole rings is 1. The van der Waals surface area contributed by atoms with Crippen molar-refractivity contribution in [2.75, 3.05) is 0 Å². The molecule has 6 aromatic rings. The van der Waals surface area contributed by atoms with Crippen molar-refractivity contribution in [3.63, 3.8) is 0 Å². The molecule has 7 nitrogen and oxygen atoms in total. The number of benzene rings is 5. The number of aromatic hydroxyl groups is 4. The van der Waals surface area contributed by atoms with E-state index in [0.29, 0.717) is 44.3 Å². The zero-order valence-electron chi connectivity index (χ0n) is 21.1. The number of rotatable bonds is 3. The van der Waals surface area contributed by atoms with Crippen LogP contribution in [0.1, 0.15) is 11.1 Å². The van der Waals surface area contributed by atoms with Gasteiger partial charge in [-0.3, -0.25) is 0 Å². The highest BCUT2D eigenvalue weighted by Crippen LogP contribution is 2.33. The average Bonchev–Trinajstić information content (AvgIpc) is 3.39. The van der Waals surface area contributed by atoms with Crippen molar-refractivity contribution in [3.8, 4) is 51.6 Å². The molecule has 0 radical (unpaired) electrons. The molecular formula is C32H20F2N2O5. The van der Waals surface area contributed by atoms with Gasteiger partial charge in [0.05, 0.1) is 11.6 Å². The first-order valence-corrected chi connectivity index (χ1v) is 12.1. The minimum absolute atomic E-state index is 0.0455. The summed E-state index contributed by atoms with van der Waals surface area (Å²) in [6, 6.07) is 21.2. The van der Waals surface area contributed by atoms with Crippen molar-refractivity contribution in [2.45, 2.75) is 0 Å². The first-order chi connectivity index (χ1) is 19.7. The molecule has 1 aromatic heterocycles. The molecule has 41 heavy (non-hydrogen) atoms. The SMILES string of the molecule is C=Cc1cc(O)cc2nc(-c3ccc(O)c(F)c3)oc12.N#Cc1cc(-c2ccc(O)c(F)c2)cc2ccc(O)cc12. The number of hydrogen-bond acceptors (Lipinski definition) is 7. The maximum atomic E-state index is 13.5. The summed E-state index contributed by atoms with van der Waals surface area (Å²) in [7, 11) is 0. The van der Waals surface area contributed by atoms with Crippen LogP contribution in [0.3, 0.4) is 0 Å². The largest absolute Gasteiger partial charge is 0.508 e. The van der Waals surface area contributed by atoms with Crippen LogP contribution in [0.15, 0.2) is 89.9 Å². The molecule has 0 spiro atoms. The normalized spacial score (nSPS) is 10.7. The van der Waals surface area contributed by atoms with E-state index >= 15 is 0 Å². The lowest BCUT2D eigenvalue weighted by atomic mass is 9.97. The number of nitrogens with zero attached hydrogens (tertiary/aromatic N) is 2. The van der Waals surface area contributed by atoms with Gasteiger partial charge in [-0.2, -0.15) is 5.26 Å². The lowest BCUT2D eigenvalue weighted by Gasteiger charge is -2.07. The van der Waals surface area contributed by atoms with Gasteiger partial charge in [0.2, 0.25) is 5.89 Å². The van der Waals surface area contributed by atoms with E-state index in [9.17, 15) is 34.5 Å². The maximum Gasteiger partial charge on any atom is 0.227 e. The van der Waals surface area contributed by atoms with Crippen molar-refractivity contribution in [1.29, 1.82) is 5.26 Å². The van der Waals surface area contributed by atoms with E-state index < -0.39 is 23.1 Å². The smallest absolute Gasteiger partial charge is 0.227 e. The van der Waals surface area contributed by atoms with Gasteiger partial charge >= 0.3 is 0 Å². The van der Waals surface area contributed by atoms with Crippen LogP contribution in [-0.2, 0) is 0 Å². The topological polar surface area (TPSA) is 131 Å². The number of phenolic OH excluding ortho intramolecular Hbond substituents is 4. The van der Waals surface area contributed by atoms with Crippen LogP contribution in [0.4, 0.5) is 8.78 Å². The molecule has 0 aliphatic carbocycles. The Balaban J connectivity index is 0.000000165. The summed E-state index contributed by atoms with van der Waals surface area (Å²) in [4.78, 5) is 4.20. The molecule has 4 N–H and O–H groups in total. The predicted octanol–water partition coefficient (Wildman–Crippen LogP) is 7.62. The molecule has 0 fully saturated rings. The van der Waals surface area contributed by atoms with Crippen LogP contribution >= 0.6 is 0 Å². The average molecular weight is 551 g/mol. The summed E-state index contributed by atoms with van der Waals surface area (Å²) in [5.41, 5.74) is 3.53. The minimum Gasteiger partial charge on any atom is -0.508 e. The molecule has 5 aromatic carbocycles. The number of hydrogen-bond donors (Lipinski definition) is 4. The Morgan fingerprint density at radius 3 is 2.10 bits per heavy atom. The molecule has 0 unspecified atom stereocenters. The Kier molecular flexibility index (Phi) is 6.98. The zero-order valence-corrected chi connectivity index (χ0v) is 21.1. The summed E-state index contributed by atoms with van der Waals surface area (Å²) in [6.45, 7) is 3.64. The number of aromatic nitrogens is 1. The molecular weight excluding hydrogens is 530 g/mol. The monoisotopic (exact) mass is 550 g/mol. The molecule has 9 heteroatoms. The fourth-order valence-electron chi connectivity index (χ4n) is 4.25. The first-order valence-electron chi connectivity index (χ1n) is 12.1. The van der Waals surface area contributed by atoms with Gasteiger partial charge in [0.1, 0.15) is 17.0 Å². The Labute approximate surface area is 231 Å². The number of phenols is 4. The van der Waals surface area contributed by atoms with Gasteiger partial charge in [0.25, 0.3) is 0 Å². The fraction of sp³-hybridized carbons (Fsp3) is 0. The quantitative estimate of drug-likeness (QED) is 0.178. The van der Waals surface area contributed by atoms with Crippen LogP contribution in [-0.4, -0.2) is 25.4 Å². The lowest BCUT2D eigenvalue weighted by molar-refractivity contribution is 0.432. The molecule has 0 saturated heterocycles. The number of nitriles is 1. The molecule has 0 bridgehead atoms. The Hall–Kier alpha value is -5.88. The van der Waals surface area contributed by atoms with E-state index in [4.69, 9.17) is 4.42 Å². The van der Waals surface area contributed by atoms with Gasteiger partial charge in [-0.15, -0.1) is 0 Å². The van der Waals surface area contributed by atoms with Crippen molar-refractivity contribution in [2.24, 2.45) is 0 Å². The van der Waals surface area contributed by atoms with Crippen LogP contribution in [0.2, 0.25) is 0 Å². The van der Waals surface area contributed by atoms with Gasteiger partial charge in [0, 0.05) is 22.6 Å². The first kappa shape index (κ1) is 26.7. The molecule has 0 saturated carbocycles. The van der Waals surface area contributed by atoms with E-state index in [0.717, 1.165) is 11.5 Å². The van der Waals surface area contributed by atoms with Crippen LogP contribution in [0.5, 0.6) is 23.0 Å². The van der Waals surface area contributed by atoms with Crippen LogP contribution < -0.4 is 0 Å². The number of fused-ring (bicyclic) bond motifs is 2. The summed E-state index contributed by atoms with van der Waals surface area (Å²) in [5.74, 6) is -1.98.